The standard InChI is InChI=1S/C41H39N3O9/c1-49-32-19-15-30(16-20-32)41(29-12-8-5-9-13-29,31-17-21-33(50-2)22-18-31)52-26-35-34(45)24-36(53-35)44-25-28(14-23-37(46)51-3)38(43-40(44)48)42-39(47)27-10-6-4-7-11-27/h4-23,25,34-36,45H,24,26H2,1-3H3,(H,42,43,47,48)/t34-,35+,36+/m0/s1. The highest BCUT2D eigenvalue weighted by Crippen LogP contribution is 2.42. The number of ether oxygens (including phenoxy) is 5. The molecule has 1 aromatic heterocycles. The lowest BCUT2D eigenvalue weighted by molar-refractivity contribution is -0.134. The molecule has 1 aliphatic heterocycles. The first kappa shape index (κ1) is 36.7. The van der Waals surface area contributed by atoms with Crippen LogP contribution in [-0.2, 0) is 24.6 Å². The smallest absolute Gasteiger partial charge is 0.351 e. The van der Waals surface area contributed by atoms with Gasteiger partial charge in [0.15, 0.2) is 0 Å². The molecule has 12 nitrogen and oxygen atoms in total. The Labute approximate surface area is 306 Å². The van der Waals surface area contributed by atoms with Crippen LogP contribution in [0.4, 0.5) is 5.82 Å². The highest BCUT2D eigenvalue weighted by Gasteiger charge is 2.42. The van der Waals surface area contributed by atoms with Gasteiger partial charge in [-0.2, -0.15) is 4.98 Å². The van der Waals surface area contributed by atoms with Crippen molar-refractivity contribution in [3.05, 3.63) is 160 Å². The van der Waals surface area contributed by atoms with Gasteiger partial charge in [0.2, 0.25) is 0 Å². The Morgan fingerprint density at radius 1 is 0.868 bits per heavy atom. The van der Waals surface area contributed by atoms with Gasteiger partial charge in [-0.05, 0) is 59.2 Å². The number of anilines is 1. The molecule has 0 unspecified atom stereocenters. The molecule has 12 heteroatoms. The van der Waals surface area contributed by atoms with Crippen molar-refractivity contribution in [2.45, 2.75) is 30.5 Å². The van der Waals surface area contributed by atoms with Gasteiger partial charge < -0.3 is 34.1 Å². The Morgan fingerprint density at radius 2 is 1.43 bits per heavy atom. The van der Waals surface area contributed by atoms with Crippen molar-refractivity contribution in [2.24, 2.45) is 0 Å². The van der Waals surface area contributed by atoms with Crippen LogP contribution in [0.1, 0.15) is 45.3 Å². The second-order valence-corrected chi connectivity index (χ2v) is 12.2. The van der Waals surface area contributed by atoms with Gasteiger partial charge in [0.25, 0.3) is 5.91 Å². The average molecular weight is 718 g/mol. The minimum atomic E-state index is -1.16. The zero-order valence-electron chi connectivity index (χ0n) is 29.4. The van der Waals surface area contributed by atoms with E-state index in [2.05, 4.69) is 10.3 Å². The predicted molar refractivity (Wildman–Crippen MR) is 197 cm³/mol. The number of carbonyl (C=O) groups is 2. The number of hydrogen-bond acceptors (Lipinski definition) is 10. The van der Waals surface area contributed by atoms with Crippen LogP contribution in [0, 0.1) is 0 Å². The number of aliphatic hydroxyl groups is 1. The molecular formula is C41H39N3O9. The topological polar surface area (TPSA) is 147 Å². The maximum atomic E-state index is 13.5. The number of aromatic nitrogens is 2. The Bertz CT molecular complexity index is 2050. The van der Waals surface area contributed by atoms with Crippen molar-refractivity contribution < 1.29 is 38.4 Å². The van der Waals surface area contributed by atoms with Crippen molar-refractivity contribution in [3.63, 3.8) is 0 Å². The minimum Gasteiger partial charge on any atom is -0.497 e. The summed E-state index contributed by atoms with van der Waals surface area (Å²) in [6.45, 7) is -0.0763. The third-order valence-corrected chi connectivity index (χ3v) is 9.00. The molecule has 2 N–H and O–H groups in total. The Kier molecular flexibility index (Phi) is 11.4. The monoisotopic (exact) mass is 717 g/mol. The summed E-state index contributed by atoms with van der Waals surface area (Å²) in [4.78, 5) is 42.5. The summed E-state index contributed by atoms with van der Waals surface area (Å²) < 4.78 is 30.1. The van der Waals surface area contributed by atoms with E-state index in [0.29, 0.717) is 17.1 Å². The number of methoxy groups -OCH3 is 3. The molecule has 1 amide bonds. The number of benzene rings is 4. The molecule has 0 saturated carbocycles. The summed E-state index contributed by atoms with van der Waals surface area (Å²) >= 11 is 0. The van der Waals surface area contributed by atoms with Crippen molar-refractivity contribution >= 4 is 23.8 Å². The average Bonchev–Trinajstić information content (AvgIpc) is 3.58. The molecule has 6 rings (SSSR count). The summed E-state index contributed by atoms with van der Waals surface area (Å²) in [5, 5.41) is 14.0. The van der Waals surface area contributed by atoms with Gasteiger partial charge in [0, 0.05) is 29.8 Å². The van der Waals surface area contributed by atoms with Gasteiger partial charge in [-0.15, -0.1) is 0 Å². The van der Waals surface area contributed by atoms with Crippen LogP contribution < -0.4 is 20.5 Å². The molecule has 53 heavy (non-hydrogen) atoms. The zero-order chi connectivity index (χ0) is 37.4. The van der Waals surface area contributed by atoms with E-state index in [0.717, 1.165) is 22.8 Å². The van der Waals surface area contributed by atoms with Gasteiger partial charge in [-0.25, -0.2) is 9.59 Å². The van der Waals surface area contributed by atoms with E-state index >= 15 is 0 Å². The van der Waals surface area contributed by atoms with E-state index in [-0.39, 0.29) is 24.4 Å². The molecule has 0 aliphatic carbocycles. The number of carbonyl (C=O) groups excluding carboxylic acids is 2. The van der Waals surface area contributed by atoms with Gasteiger partial charge in [-0.3, -0.25) is 9.36 Å². The predicted octanol–water partition coefficient (Wildman–Crippen LogP) is 5.36. The number of esters is 1. The van der Waals surface area contributed by atoms with Crippen LogP contribution in [0.2, 0.25) is 0 Å². The highest BCUT2D eigenvalue weighted by atomic mass is 16.6. The molecule has 0 bridgehead atoms. The first-order valence-corrected chi connectivity index (χ1v) is 16.8. The van der Waals surface area contributed by atoms with E-state index in [9.17, 15) is 19.5 Å². The summed E-state index contributed by atoms with van der Waals surface area (Å²) in [6, 6.07) is 33.3. The zero-order valence-corrected chi connectivity index (χ0v) is 29.4. The number of amides is 1. The molecule has 2 heterocycles. The number of hydrogen-bond donors (Lipinski definition) is 2. The van der Waals surface area contributed by atoms with Crippen molar-refractivity contribution in [1.29, 1.82) is 0 Å². The van der Waals surface area contributed by atoms with E-state index in [1.165, 1.54) is 23.9 Å². The van der Waals surface area contributed by atoms with Crippen LogP contribution in [0.3, 0.4) is 0 Å². The van der Waals surface area contributed by atoms with Crippen LogP contribution >= 0.6 is 0 Å². The van der Waals surface area contributed by atoms with Crippen molar-refractivity contribution in [2.75, 3.05) is 33.3 Å². The maximum absolute atomic E-state index is 13.5. The molecule has 5 aromatic rings. The van der Waals surface area contributed by atoms with Gasteiger partial charge in [-0.1, -0.05) is 72.8 Å². The number of aliphatic hydroxyl groups excluding tert-OH is 1. The lowest BCUT2D eigenvalue weighted by Crippen LogP contribution is -2.38. The van der Waals surface area contributed by atoms with Crippen molar-refractivity contribution in [1.82, 2.24) is 9.55 Å². The van der Waals surface area contributed by atoms with Gasteiger partial charge in [0.05, 0.1) is 34.0 Å². The molecule has 1 aliphatic rings. The minimum absolute atomic E-state index is 0.0366. The third kappa shape index (κ3) is 8.05. The van der Waals surface area contributed by atoms with Crippen molar-refractivity contribution in [3.8, 4) is 11.5 Å². The van der Waals surface area contributed by atoms with Crippen LogP contribution in [0.15, 0.2) is 126 Å². The van der Waals surface area contributed by atoms with E-state index < -0.39 is 41.6 Å². The fraction of sp³-hybridized carbons (Fsp3) is 0.220. The molecule has 1 fully saturated rings. The summed E-state index contributed by atoms with van der Waals surface area (Å²) in [5.41, 5.74) is 1.11. The Balaban J connectivity index is 1.32. The van der Waals surface area contributed by atoms with Crippen LogP contribution in [0.5, 0.6) is 11.5 Å². The summed E-state index contributed by atoms with van der Waals surface area (Å²) in [7, 11) is 4.43. The fourth-order valence-corrected chi connectivity index (χ4v) is 6.22. The molecule has 0 radical (unpaired) electrons. The number of nitrogens with zero attached hydrogens (tertiary/aromatic N) is 2. The summed E-state index contributed by atoms with van der Waals surface area (Å²) in [5.74, 6) is 0.138. The largest absolute Gasteiger partial charge is 0.497 e. The lowest BCUT2D eigenvalue weighted by Gasteiger charge is -2.37. The molecule has 4 aromatic carbocycles. The Morgan fingerprint density at radius 3 is 2.00 bits per heavy atom. The molecular weight excluding hydrogens is 678 g/mol. The lowest BCUT2D eigenvalue weighted by atomic mass is 9.80. The van der Waals surface area contributed by atoms with Crippen LogP contribution in [0.25, 0.3) is 6.08 Å². The van der Waals surface area contributed by atoms with Gasteiger partial charge in [0.1, 0.15) is 35.2 Å². The summed E-state index contributed by atoms with van der Waals surface area (Å²) in [6.07, 6.45) is 1.13. The third-order valence-electron chi connectivity index (χ3n) is 9.00. The van der Waals surface area contributed by atoms with Crippen LogP contribution in [-0.4, -0.2) is 66.7 Å². The van der Waals surface area contributed by atoms with E-state index in [4.69, 9.17) is 23.7 Å². The maximum Gasteiger partial charge on any atom is 0.351 e. The highest BCUT2D eigenvalue weighted by molar-refractivity contribution is 6.04. The second-order valence-electron chi connectivity index (χ2n) is 12.2. The quantitative estimate of drug-likeness (QED) is 0.0928. The molecule has 1 saturated heterocycles. The first-order valence-electron chi connectivity index (χ1n) is 16.8. The fourth-order valence-electron chi connectivity index (χ4n) is 6.22. The Hall–Kier alpha value is -6.08. The molecule has 272 valence electrons. The number of rotatable bonds is 13. The SMILES string of the molecule is COC(=O)C=Cc1cn([C@H]2C[C@H](O)[C@@H](COC(c3ccccc3)(c3ccc(OC)cc3)c3ccc(OC)cc3)O2)c(=O)nc1NC(=O)c1ccccc1. The normalized spacial score (nSPS) is 17.0. The first-order chi connectivity index (χ1) is 25.7. The van der Waals surface area contributed by atoms with E-state index in [1.54, 1.807) is 44.6 Å². The second kappa shape index (κ2) is 16.5. The molecule has 0 spiro atoms. The number of nitrogens with one attached hydrogen (secondary N) is 1. The van der Waals surface area contributed by atoms with Gasteiger partial charge >= 0.3 is 11.7 Å². The molecule has 3 atom stereocenters. The van der Waals surface area contributed by atoms with E-state index in [1.807, 2.05) is 78.9 Å².